The molecule has 0 unspecified atom stereocenters. The van der Waals surface area contributed by atoms with Crippen LogP contribution in [0, 0.1) is 12.7 Å². The van der Waals surface area contributed by atoms with Crippen LogP contribution in [0.3, 0.4) is 0 Å². The van der Waals surface area contributed by atoms with E-state index in [-0.39, 0.29) is 30.4 Å². The highest BCUT2D eigenvalue weighted by Gasteiger charge is 2.33. The first-order chi connectivity index (χ1) is 12.0. The van der Waals surface area contributed by atoms with Crippen LogP contribution in [0.15, 0.2) is 41.1 Å². The van der Waals surface area contributed by atoms with Crippen LogP contribution in [0.2, 0.25) is 0 Å². The fourth-order valence-corrected chi connectivity index (χ4v) is 2.84. The van der Waals surface area contributed by atoms with E-state index in [0.717, 1.165) is 5.56 Å². The van der Waals surface area contributed by atoms with E-state index in [9.17, 15) is 14.3 Å². The molecule has 2 N–H and O–H groups in total. The third kappa shape index (κ3) is 2.72. The average Bonchev–Trinajstić information content (AvgIpc) is 2.92. The molecular weight excluding hydrogens is 325 g/mol. The van der Waals surface area contributed by atoms with Gasteiger partial charge in [-0.05, 0) is 30.7 Å². The van der Waals surface area contributed by atoms with Gasteiger partial charge < -0.3 is 19.7 Å². The number of aryl methyl sites for hydroxylation is 1. The molecule has 1 aromatic carbocycles. The van der Waals surface area contributed by atoms with E-state index in [1.807, 2.05) is 0 Å². The summed E-state index contributed by atoms with van der Waals surface area (Å²) in [6.07, 6.45) is 2.61. The molecule has 1 saturated heterocycles. The van der Waals surface area contributed by atoms with E-state index in [1.165, 1.54) is 11.0 Å². The number of furan rings is 1. The van der Waals surface area contributed by atoms with Gasteiger partial charge in [0.15, 0.2) is 0 Å². The summed E-state index contributed by atoms with van der Waals surface area (Å²) in [6.45, 7) is 2.31. The number of rotatable bonds is 3. The minimum atomic E-state index is -0.513. The van der Waals surface area contributed by atoms with Crippen LogP contribution in [0.5, 0.6) is 0 Å². The number of hydrogen-bond acceptors (Lipinski definition) is 5. The van der Waals surface area contributed by atoms with Crippen molar-refractivity contribution in [3.8, 4) is 0 Å². The minimum Gasteiger partial charge on any atom is -0.448 e. The lowest BCUT2D eigenvalue weighted by molar-refractivity contribution is 0.00415. The lowest BCUT2D eigenvalue weighted by atomic mass is 10.1. The molecule has 0 spiro atoms. The van der Waals surface area contributed by atoms with Crippen LogP contribution >= 0.6 is 0 Å². The first-order valence-corrected chi connectivity index (χ1v) is 7.90. The van der Waals surface area contributed by atoms with Crippen molar-refractivity contribution in [1.82, 2.24) is 9.88 Å². The molecule has 4 rings (SSSR count). The van der Waals surface area contributed by atoms with Crippen molar-refractivity contribution in [3.63, 3.8) is 0 Å². The zero-order valence-electron chi connectivity index (χ0n) is 13.5. The van der Waals surface area contributed by atoms with Gasteiger partial charge in [0.2, 0.25) is 5.76 Å². The maximum Gasteiger partial charge on any atom is 0.292 e. The molecule has 1 aliphatic rings. The summed E-state index contributed by atoms with van der Waals surface area (Å²) in [5.41, 5.74) is 1.90. The molecule has 7 heteroatoms. The zero-order chi connectivity index (χ0) is 17.6. The molecular formula is C18H16FN3O3. The number of aliphatic hydroxyl groups is 1. The molecule has 0 aliphatic carbocycles. The summed E-state index contributed by atoms with van der Waals surface area (Å²) in [4.78, 5) is 18.2. The van der Waals surface area contributed by atoms with Crippen LogP contribution < -0.4 is 5.32 Å². The molecule has 1 amide bonds. The Kier molecular flexibility index (Phi) is 3.65. The van der Waals surface area contributed by atoms with Crippen molar-refractivity contribution in [1.29, 1.82) is 0 Å². The first kappa shape index (κ1) is 15.6. The molecule has 0 radical (unpaired) electrons. The summed E-state index contributed by atoms with van der Waals surface area (Å²) < 4.78 is 19.9. The summed E-state index contributed by atoms with van der Waals surface area (Å²) in [6, 6.07) is 6.45. The Balaban J connectivity index is 1.78. The van der Waals surface area contributed by atoms with Gasteiger partial charge in [0.25, 0.3) is 5.91 Å². The number of carbonyl (C=O) groups excluding carboxylic acids is 1. The van der Waals surface area contributed by atoms with Gasteiger partial charge in [-0.25, -0.2) is 4.39 Å². The minimum absolute atomic E-state index is 0.0786. The summed E-state index contributed by atoms with van der Waals surface area (Å²) in [5, 5.41) is 13.0. The number of aromatic nitrogens is 1. The first-order valence-electron chi connectivity index (χ1n) is 7.90. The van der Waals surface area contributed by atoms with Crippen LogP contribution in [0.4, 0.5) is 15.8 Å². The lowest BCUT2D eigenvalue weighted by Gasteiger charge is -2.35. The van der Waals surface area contributed by atoms with Gasteiger partial charge in [0.05, 0.1) is 17.2 Å². The number of β-amino-alcohol motifs (C(OH)–C–C–N with tert-alkyl or cyclic N) is 1. The van der Waals surface area contributed by atoms with E-state index < -0.39 is 11.9 Å². The smallest absolute Gasteiger partial charge is 0.292 e. The van der Waals surface area contributed by atoms with E-state index >= 15 is 0 Å². The van der Waals surface area contributed by atoms with Crippen LogP contribution in [0.1, 0.15) is 16.1 Å². The summed E-state index contributed by atoms with van der Waals surface area (Å²) in [7, 11) is 0. The van der Waals surface area contributed by atoms with E-state index in [4.69, 9.17) is 4.42 Å². The maximum atomic E-state index is 14.2. The second kappa shape index (κ2) is 5.86. The normalized spacial score (nSPS) is 14.6. The number of likely N-dealkylation sites (tertiary alicyclic amines) is 1. The lowest BCUT2D eigenvalue weighted by Crippen LogP contribution is -2.53. The van der Waals surface area contributed by atoms with Crippen LogP contribution in [-0.4, -0.2) is 40.1 Å². The molecule has 0 bridgehead atoms. The number of fused-ring (bicyclic) bond motifs is 1. The highest BCUT2D eigenvalue weighted by molar-refractivity contribution is 6.07. The number of pyridine rings is 1. The maximum absolute atomic E-state index is 14.2. The third-order valence-corrected chi connectivity index (χ3v) is 4.22. The third-order valence-electron chi connectivity index (χ3n) is 4.22. The second-order valence-electron chi connectivity index (χ2n) is 6.15. The number of halogens is 1. The predicted molar refractivity (Wildman–Crippen MR) is 90.3 cm³/mol. The molecule has 128 valence electrons. The van der Waals surface area contributed by atoms with Crippen LogP contribution in [0.25, 0.3) is 11.0 Å². The van der Waals surface area contributed by atoms with Crippen LogP contribution in [-0.2, 0) is 0 Å². The van der Waals surface area contributed by atoms with Gasteiger partial charge in [-0.1, -0.05) is 6.07 Å². The van der Waals surface area contributed by atoms with E-state index in [2.05, 4.69) is 10.3 Å². The largest absolute Gasteiger partial charge is 0.448 e. The second-order valence-corrected chi connectivity index (χ2v) is 6.15. The summed E-state index contributed by atoms with van der Waals surface area (Å²) in [5.74, 6) is -0.692. The van der Waals surface area contributed by atoms with Crippen molar-refractivity contribution in [2.45, 2.75) is 13.0 Å². The highest BCUT2D eigenvalue weighted by Crippen LogP contribution is 2.35. The summed E-state index contributed by atoms with van der Waals surface area (Å²) >= 11 is 0. The Labute approximate surface area is 142 Å². The highest BCUT2D eigenvalue weighted by atomic mass is 19.1. The fraction of sp³-hybridized carbons (Fsp3) is 0.222. The van der Waals surface area contributed by atoms with E-state index in [1.54, 1.807) is 37.5 Å². The van der Waals surface area contributed by atoms with Gasteiger partial charge in [0, 0.05) is 25.5 Å². The van der Waals surface area contributed by atoms with Gasteiger partial charge in [-0.2, -0.15) is 0 Å². The van der Waals surface area contributed by atoms with Crippen molar-refractivity contribution < 1.29 is 18.7 Å². The van der Waals surface area contributed by atoms with Gasteiger partial charge in [-0.15, -0.1) is 0 Å². The standard InChI is InChI=1S/C18H16FN3O3/c1-10-2-3-14(13(19)6-10)21-16-12-7-20-5-4-15(12)25-17(16)18(24)22-8-11(23)9-22/h2-7,11,21,23H,8-9H2,1H3. The topological polar surface area (TPSA) is 78.6 Å². The number of carbonyl (C=O) groups is 1. The number of benzene rings is 1. The Hall–Kier alpha value is -2.93. The number of anilines is 2. The van der Waals surface area contributed by atoms with E-state index in [0.29, 0.717) is 16.7 Å². The molecule has 0 atom stereocenters. The number of amides is 1. The van der Waals surface area contributed by atoms with Crippen molar-refractivity contribution in [3.05, 3.63) is 53.8 Å². The Morgan fingerprint density at radius 1 is 1.40 bits per heavy atom. The molecule has 3 aromatic rings. The molecule has 2 aromatic heterocycles. The SMILES string of the molecule is Cc1ccc(Nc2c(C(=O)N3CC(O)C3)oc3ccncc23)c(F)c1. The average molecular weight is 341 g/mol. The Bertz CT molecular complexity index is 963. The Morgan fingerprint density at radius 3 is 2.92 bits per heavy atom. The number of nitrogens with one attached hydrogen (secondary N) is 1. The predicted octanol–water partition coefficient (Wildman–Crippen LogP) is 2.84. The van der Waals surface area contributed by atoms with Gasteiger partial charge in [-0.3, -0.25) is 9.78 Å². The van der Waals surface area contributed by atoms with Crippen molar-refractivity contribution in [2.24, 2.45) is 0 Å². The van der Waals surface area contributed by atoms with Gasteiger partial charge in [0.1, 0.15) is 17.1 Å². The molecule has 6 nitrogen and oxygen atoms in total. The molecule has 0 saturated carbocycles. The quantitative estimate of drug-likeness (QED) is 0.766. The number of hydrogen-bond donors (Lipinski definition) is 2. The monoisotopic (exact) mass is 341 g/mol. The number of aliphatic hydroxyl groups excluding tert-OH is 1. The molecule has 1 aliphatic heterocycles. The van der Waals surface area contributed by atoms with Crippen molar-refractivity contribution in [2.75, 3.05) is 18.4 Å². The fourth-order valence-electron chi connectivity index (χ4n) is 2.84. The zero-order valence-corrected chi connectivity index (χ0v) is 13.5. The van der Waals surface area contributed by atoms with Crippen molar-refractivity contribution >= 4 is 28.3 Å². The molecule has 25 heavy (non-hydrogen) atoms. The number of nitrogens with zero attached hydrogens (tertiary/aromatic N) is 2. The Morgan fingerprint density at radius 2 is 2.20 bits per heavy atom. The molecule has 1 fully saturated rings. The molecule has 3 heterocycles. The van der Waals surface area contributed by atoms with Gasteiger partial charge >= 0.3 is 0 Å².